The molecule has 3 atom stereocenters. The number of hydrogen-bond acceptors (Lipinski definition) is 5. The lowest BCUT2D eigenvalue weighted by Crippen LogP contribution is -2.30. The molecule has 8 heteroatoms. The summed E-state index contributed by atoms with van der Waals surface area (Å²) in [7, 11) is 0. The van der Waals surface area contributed by atoms with Crippen LogP contribution in [-0.4, -0.2) is 9.85 Å². The van der Waals surface area contributed by atoms with E-state index in [1.807, 2.05) is 12.1 Å². The Bertz CT molecular complexity index is 1210. The van der Waals surface area contributed by atoms with Gasteiger partial charge in [-0.2, -0.15) is 0 Å². The van der Waals surface area contributed by atoms with Gasteiger partial charge >= 0.3 is 0 Å². The average molecular weight is 422 g/mol. The van der Waals surface area contributed by atoms with Crippen molar-refractivity contribution in [1.29, 1.82) is 0 Å². The van der Waals surface area contributed by atoms with E-state index in [0.29, 0.717) is 10.6 Å². The van der Waals surface area contributed by atoms with E-state index in [1.54, 1.807) is 18.2 Å². The molecule has 2 aliphatic rings. The monoisotopic (exact) mass is 421 g/mol. The lowest BCUT2D eigenvalue weighted by Gasteiger charge is -2.38. The van der Waals surface area contributed by atoms with Gasteiger partial charge in [0.25, 0.3) is 11.4 Å². The van der Waals surface area contributed by atoms with Crippen molar-refractivity contribution in [2.75, 3.05) is 5.32 Å². The van der Waals surface area contributed by atoms with E-state index in [1.165, 1.54) is 23.8 Å². The van der Waals surface area contributed by atoms with Crippen molar-refractivity contribution in [3.63, 3.8) is 0 Å². The Labute approximate surface area is 176 Å². The van der Waals surface area contributed by atoms with Crippen LogP contribution in [0.4, 0.5) is 17.1 Å². The second-order valence-corrected chi connectivity index (χ2v) is 8.07. The molecule has 30 heavy (non-hydrogen) atoms. The summed E-state index contributed by atoms with van der Waals surface area (Å²) in [5, 5.41) is 26.6. The van der Waals surface area contributed by atoms with Crippen molar-refractivity contribution < 1.29 is 9.85 Å². The highest BCUT2D eigenvalue weighted by atomic mass is 35.5. The van der Waals surface area contributed by atoms with Gasteiger partial charge in [0.1, 0.15) is 0 Å². The number of halogens is 1. The molecule has 1 N–H and O–H groups in total. The predicted molar refractivity (Wildman–Crippen MR) is 113 cm³/mol. The molecule has 0 spiro atoms. The Morgan fingerprint density at radius 1 is 0.867 bits per heavy atom. The summed E-state index contributed by atoms with van der Waals surface area (Å²) in [5.41, 5.74) is 4.67. The molecule has 0 aromatic heterocycles. The second kappa shape index (κ2) is 6.81. The molecule has 0 saturated heterocycles. The third-order valence-corrected chi connectivity index (χ3v) is 6.46. The van der Waals surface area contributed by atoms with Crippen LogP contribution in [0.5, 0.6) is 0 Å². The van der Waals surface area contributed by atoms with Crippen molar-refractivity contribution in [1.82, 2.24) is 0 Å². The Kier molecular flexibility index (Phi) is 4.22. The van der Waals surface area contributed by atoms with Gasteiger partial charge in [0, 0.05) is 46.5 Å². The SMILES string of the molecule is O=[N+]([O-])c1ccc2c(c1)[C@H]1c3ccccc3C[C@@H]1[C@H](c1cc([N+](=O)[O-])ccc1Cl)N2. The number of rotatable bonds is 3. The molecule has 1 heterocycles. The van der Waals surface area contributed by atoms with Crippen LogP contribution in [-0.2, 0) is 6.42 Å². The number of anilines is 1. The van der Waals surface area contributed by atoms with Crippen molar-refractivity contribution in [2.45, 2.75) is 18.4 Å². The van der Waals surface area contributed by atoms with Gasteiger partial charge in [0.2, 0.25) is 0 Å². The molecule has 0 radical (unpaired) electrons. The minimum absolute atomic E-state index is 0.0160. The summed E-state index contributed by atoms with van der Waals surface area (Å²) in [6, 6.07) is 17.1. The van der Waals surface area contributed by atoms with Crippen molar-refractivity contribution >= 4 is 28.7 Å². The number of benzene rings is 3. The van der Waals surface area contributed by atoms with Gasteiger partial charge in [-0.25, -0.2) is 0 Å². The number of hydrogen-bond donors (Lipinski definition) is 1. The van der Waals surface area contributed by atoms with Crippen LogP contribution < -0.4 is 5.32 Å². The molecule has 150 valence electrons. The minimum Gasteiger partial charge on any atom is -0.378 e. The summed E-state index contributed by atoms with van der Waals surface area (Å²) in [6.07, 6.45) is 0.750. The fraction of sp³-hybridized carbons (Fsp3) is 0.182. The first-order valence-corrected chi connectivity index (χ1v) is 9.88. The minimum atomic E-state index is -0.430. The molecule has 7 nitrogen and oxygen atoms in total. The molecular weight excluding hydrogens is 406 g/mol. The van der Waals surface area contributed by atoms with E-state index in [4.69, 9.17) is 11.6 Å². The zero-order valence-electron chi connectivity index (χ0n) is 15.6. The smallest absolute Gasteiger partial charge is 0.269 e. The molecule has 3 aromatic rings. The van der Waals surface area contributed by atoms with E-state index in [9.17, 15) is 20.2 Å². The molecular formula is C22H16ClN3O4. The van der Waals surface area contributed by atoms with E-state index in [-0.39, 0.29) is 34.2 Å². The summed E-state index contributed by atoms with van der Waals surface area (Å²) < 4.78 is 0. The van der Waals surface area contributed by atoms with Crippen LogP contribution in [0.2, 0.25) is 5.02 Å². The largest absolute Gasteiger partial charge is 0.378 e. The van der Waals surface area contributed by atoms with Gasteiger partial charge in [0.05, 0.1) is 15.9 Å². The van der Waals surface area contributed by atoms with Gasteiger partial charge in [-0.1, -0.05) is 35.9 Å². The summed E-state index contributed by atoms with van der Waals surface area (Å²) in [4.78, 5) is 21.9. The maximum atomic E-state index is 11.4. The second-order valence-electron chi connectivity index (χ2n) is 7.66. The maximum absolute atomic E-state index is 11.4. The van der Waals surface area contributed by atoms with Gasteiger partial charge in [-0.15, -0.1) is 0 Å². The van der Waals surface area contributed by atoms with Gasteiger partial charge < -0.3 is 5.32 Å². The Morgan fingerprint density at radius 2 is 1.53 bits per heavy atom. The van der Waals surface area contributed by atoms with Crippen LogP contribution in [0.25, 0.3) is 0 Å². The Hall–Kier alpha value is -3.45. The first kappa shape index (κ1) is 18.6. The topological polar surface area (TPSA) is 98.3 Å². The van der Waals surface area contributed by atoms with Crippen LogP contribution in [0.1, 0.15) is 34.2 Å². The third-order valence-electron chi connectivity index (χ3n) is 6.12. The van der Waals surface area contributed by atoms with Crippen LogP contribution in [0.15, 0.2) is 60.7 Å². The zero-order chi connectivity index (χ0) is 21.0. The van der Waals surface area contributed by atoms with Crippen molar-refractivity contribution in [3.8, 4) is 0 Å². The highest BCUT2D eigenvalue weighted by molar-refractivity contribution is 6.31. The predicted octanol–water partition coefficient (Wildman–Crippen LogP) is 5.63. The fourth-order valence-electron chi connectivity index (χ4n) is 4.85. The van der Waals surface area contributed by atoms with E-state index >= 15 is 0 Å². The average Bonchev–Trinajstić information content (AvgIpc) is 3.13. The van der Waals surface area contributed by atoms with Crippen molar-refractivity contribution in [2.24, 2.45) is 5.92 Å². The van der Waals surface area contributed by atoms with E-state index < -0.39 is 4.92 Å². The molecule has 1 aliphatic heterocycles. The maximum Gasteiger partial charge on any atom is 0.269 e. The number of nitro groups is 2. The highest BCUT2D eigenvalue weighted by Gasteiger charge is 2.44. The quantitative estimate of drug-likeness (QED) is 0.436. The zero-order valence-corrected chi connectivity index (χ0v) is 16.4. The van der Waals surface area contributed by atoms with Gasteiger partial charge in [0.15, 0.2) is 0 Å². The first-order valence-electron chi connectivity index (χ1n) is 9.50. The molecule has 5 rings (SSSR count). The molecule has 0 unspecified atom stereocenters. The first-order chi connectivity index (χ1) is 14.4. The summed E-state index contributed by atoms with van der Waals surface area (Å²) in [5.74, 6) is -0.0333. The van der Waals surface area contributed by atoms with E-state index in [2.05, 4.69) is 17.4 Å². The van der Waals surface area contributed by atoms with Crippen molar-refractivity contribution in [3.05, 3.63) is 108 Å². The third kappa shape index (κ3) is 2.81. The Morgan fingerprint density at radius 3 is 2.27 bits per heavy atom. The van der Waals surface area contributed by atoms with Gasteiger partial charge in [-0.3, -0.25) is 20.2 Å². The summed E-state index contributed by atoms with van der Waals surface area (Å²) in [6.45, 7) is 0. The number of nitro benzene ring substituents is 2. The number of nitrogens with one attached hydrogen (secondary N) is 1. The summed E-state index contributed by atoms with van der Waals surface area (Å²) >= 11 is 6.48. The molecule has 0 amide bonds. The molecule has 1 aliphatic carbocycles. The normalized spacial score (nSPS) is 21.2. The molecule has 0 saturated carbocycles. The van der Waals surface area contributed by atoms with E-state index in [0.717, 1.165) is 23.2 Å². The fourth-order valence-corrected chi connectivity index (χ4v) is 5.09. The molecule has 3 aromatic carbocycles. The number of nitrogens with zero attached hydrogens (tertiary/aromatic N) is 2. The standard InChI is InChI=1S/C22H16ClN3O4/c23-19-7-5-13(25(27)28)10-16(19)22-18-9-12-3-1-2-4-15(12)21(18)17-11-14(26(29)30)6-8-20(17)24-22/h1-8,10-11,18,21-22,24H,9H2/t18-,21+,22-/m0/s1. The highest BCUT2D eigenvalue weighted by Crippen LogP contribution is 2.55. The van der Waals surface area contributed by atoms with Crippen LogP contribution in [0.3, 0.4) is 0 Å². The lowest BCUT2D eigenvalue weighted by atomic mass is 9.75. The molecule has 0 bridgehead atoms. The molecule has 0 fully saturated rings. The van der Waals surface area contributed by atoms with Gasteiger partial charge in [-0.05, 0) is 41.2 Å². The van der Waals surface area contributed by atoms with Crippen LogP contribution in [0, 0.1) is 26.1 Å². The van der Waals surface area contributed by atoms with Crippen LogP contribution >= 0.6 is 11.6 Å². The number of non-ortho nitro benzene ring substituents is 2. The lowest BCUT2D eigenvalue weighted by molar-refractivity contribution is -0.385. The Balaban J connectivity index is 1.70. The number of fused-ring (bicyclic) bond motifs is 5.